The molecule has 2 bridgehead atoms. The van der Waals surface area contributed by atoms with E-state index < -0.39 is 22.8 Å². The summed E-state index contributed by atoms with van der Waals surface area (Å²) in [6.07, 6.45) is 1.18. The molecule has 1 amide bonds. The average molecular weight is 305 g/mol. The van der Waals surface area contributed by atoms with E-state index in [4.69, 9.17) is 9.84 Å². The molecule has 1 aromatic carbocycles. The first-order chi connectivity index (χ1) is 10.5. The first-order valence-electron chi connectivity index (χ1n) is 7.24. The Balaban J connectivity index is 1.70. The lowest BCUT2D eigenvalue weighted by Crippen LogP contribution is -2.70. The Morgan fingerprint density at radius 2 is 1.91 bits per heavy atom. The number of carbonyl (C=O) groups is 2. The number of para-hydroxylation sites is 1. The Hall–Kier alpha value is -2.08. The molecule has 1 aromatic rings. The van der Waals surface area contributed by atoms with Crippen molar-refractivity contribution in [2.75, 3.05) is 13.7 Å². The van der Waals surface area contributed by atoms with Gasteiger partial charge in [0.25, 0.3) is 0 Å². The van der Waals surface area contributed by atoms with Crippen molar-refractivity contribution in [3.05, 3.63) is 29.8 Å². The second kappa shape index (κ2) is 4.98. The zero-order valence-electron chi connectivity index (χ0n) is 12.3. The van der Waals surface area contributed by atoms with Gasteiger partial charge < -0.3 is 20.3 Å². The number of carboxylic acids is 1. The molecule has 22 heavy (non-hydrogen) atoms. The SMILES string of the molecule is COc1ccccc1C(CO)NC(=O)C12CC(C(=O)O)(C1)C2. The number of aliphatic carboxylic acids is 1. The molecule has 6 heteroatoms. The Labute approximate surface area is 128 Å². The van der Waals surface area contributed by atoms with Crippen molar-refractivity contribution < 1.29 is 24.5 Å². The molecule has 3 aliphatic carbocycles. The zero-order valence-corrected chi connectivity index (χ0v) is 12.3. The minimum absolute atomic E-state index is 0.180. The summed E-state index contributed by atoms with van der Waals surface area (Å²) in [4.78, 5) is 23.5. The van der Waals surface area contributed by atoms with Crippen LogP contribution in [0.5, 0.6) is 5.75 Å². The highest BCUT2D eigenvalue weighted by Gasteiger charge is 2.75. The fourth-order valence-electron chi connectivity index (χ4n) is 3.74. The van der Waals surface area contributed by atoms with Crippen molar-refractivity contribution in [2.24, 2.45) is 10.8 Å². The molecule has 3 fully saturated rings. The highest BCUT2D eigenvalue weighted by Crippen LogP contribution is 2.73. The lowest BCUT2D eigenvalue weighted by Gasteiger charge is -2.66. The highest BCUT2D eigenvalue weighted by atomic mass is 16.5. The fourth-order valence-corrected chi connectivity index (χ4v) is 3.74. The van der Waals surface area contributed by atoms with Crippen molar-refractivity contribution in [2.45, 2.75) is 25.3 Å². The Kier molecular flexibility index (Phi) is 3.36. The van der Waals surface area contributed by atoms with Gasteiger partial charge in [0, 0.05) is 5.56 Å². The molecule has 118 valence electrons. The minimum atomic E-state index is -0.814. The summed E-state index contributed by atoms with van der Waals surface area (Å²) in [6, 6.07) is 6.63. The standard InChI is InChI=1S/C16H19NO5/c1-22-12-5-3-2-4-10(12)11(6-18)17-13(19)15-7-16(8-15,9-15)14(20)21/h2-5,11,18H,6-9H2,1H3,(H,17,19)(H,20,21). The van der Waals surface area contributed by atoms with E-state index in [9.17, 15) is 14.7 Å². The summed E-state index contributed by atoms with van der Waals surface area (Å²) >= 11 is 0. The fraction of sp³-hybridized carbons (Fsp3) is 0.500. The Bertz CT molecular complexity index is 607. The van der Waals surface area contributed by atoms with Crippen LogP contribution in [0.1, 0.15) is 30.9 Å². The van der Waals surface area contributed by atoms with E-state index in [2.05, 4.69) is 5.32 Å². The third-order valence-electron chi connectivity index (χ3n) is 4.97. The number of carboxylic acid groups (broad SMARTS) is 1. The summed E-state index contributed by atoms with van der Waals surface area (Å²) in [5.74, 6) is -0.396. The molecule has 3 aliphatic rings. The van der Waals surface area contributed by atoms with Gasteiger partial charge in [-0.25, -0.2) is 0 Å². The molecule has 6 nitrogen and oxygen atoms in total. The molecular formula is C16H19NO5. The number of aliphatic hydroxyl groups is 1. The second-order valence-corrected chi connectivity index (χ2v) is 6.35. The number of benzene rings is 1. The van der Waals surface area contributed by atoms with E-state index in [1.807, 2.05) is 12.1 Å². The van der Waals surface area contributed by atoms with E-state index in [1.165, 1.54) is 7.11 Å². The van der Waals surface area contributed by atoms with Crippen LogP contribution in [0.25, 0.3) is 0 Å². The van der Waals surface area contributed by atoms with Crippen molar-refractivity contribution >= 4 is 11.9 Å². The van der Waals surface area contributed by atoms with Gasteiger partial charge in [-0.05, 0) is 25.3 Å². The van der Waals surface area contributed by atoms with Gasteiger partial charge in [0.05, 0.1) is 30.6 Å². The van der Waals surface area contributed by atoms with Crippen LogP contribution in [0.4, 0.5) is 0 Å². The van der Waals surface area contributed by atoms with E-state index >= 15 is 0 Å². The molecule has 0 saturated heterocycles. The maximum absolute atomic E-state index is 12.4. The maximum Gasteiger partial charge on any atom is 0.309 e. The van der Waals surface area contributed by atoms with Crippen molar-refractivity contribution in [3.8, 4) is 5.75 Å². The van der Waals surface area contributed by atoms with Gasteiger partial charge in [0.1, 0.15) is 5.75 Å². The zero-order chi connectivity index (χ0) is 16.0. The molecule has 3 saturated carbocycles. The quantitative estimate of drug-likeness (QED) is 0.731. The smallest absolute Gasteiger partial charge is 0.309 e. The number of hydrogen-bond donors (Lipinski definition) is 3. The minimum Gasteiger partial charge on any atom is -0.496 e. The first-order valence-corrected chi connectivity index (χ1v) is 7.24. The molecule has 0 radical (unpaired) electrons. The normalized spacial score (nSPS) is 29.7. The summed E-state index contributed by atoms with van der Waals surface area (Å²) in [5.41, 5.74) is -0.537. The van der Waals surface area contributed by atoms with Gasteiger partial charge >= 0.3 is 5.97 Å². The molecule has 0 spiro atoms. The second-order valence-electron chi connectivity index (χ2n) is 6.35. The largest absolute Gasteiger partial charge is 0.496 e. The van der Waals surface area contributed by atoms with Crippen LogP contribution in [0, 0.1) is 10.8 Å². The molecule has 1 atom stereocenters. The number of hydrogen-bond acceptors (Lipinski definition) is 4. The summed E-state index contributed by atoms with van der Waals surface area (Å²) in [7, 11) is 1.53. The lowest BCUT2D eigenvalue weighted by atomic mass is 9.35. The van der Waals surface area contributed by atoms with Gasteiger partial charge in [0.2, 0.25) is 5.91 Å². The maximum atomic E-state index is 12.4. The van der Waals surface area contributed by atoms with Crippen molar-refractivity contribution in [1.29, 1.82) is 0 Å². The third-order valence-corrected chi connectivity index (χ3v) is 4.97. The monoisotopic (exact) mass is 305 g/mol. The van der Waals surface area contributed by atoms with Gasteiger partial charge in [0.15, 0.2) is 0 Å². The first kappa shape index (κ1) is 14.8. The third kappa shape index (κ3) is 1.98. The van der Waals surface area contributed by atoms with Gasteiger partial charge in [-0.3, -0.25) is 9.59 Å². The van der Waals surface area contributed by atoms with Crippen LogP contribution in [-0.2, 0) is 9.59 Å². The number of ether oxygens (including phenoxy) is 1. The number of rotatable bonds is 6. The average Bonchev–Trinajstić information content (AvgIpc) is 2.41. The molecule has 1 unspecified atom stereocenters. The lowest BCUT2D eigenvalue weighted by molar-refractivity contribution is -0.221. The molecule has 0 aromatic heterocycles. The number of amides is 1. The number of methoxy groups -OCH3 is 1. The number of aliphatic hydroxyl groups excluding tert-OH is 1. The van der Waals surface area contributed by atoms with Gasteiger partial charge in [-0.1, -0.05) is 18.2 Å². The van der Waals surface area contributed by atoms with E-state index in [0.29, 0.717) is 30.6 Å². The van der Waals surface area contributed by atoms with Crippen LogP contribution in [0.15, 0.2) is 24.3 Å². The number of nitrogens with one attached hydrogen (secondary N) is 1. The Morgan fingerprint density at radius 1 is 1.27 bits per heavy atom. The van der Waals surface area contributed by atoms with E-state index in [0.717, 1.165) is 0 Å². The number of carbonyl (C=O) groups excluding carboxylic acids is 1. The molecule has 4 rings (SSSR count). The predicted octanol–water partition coefficient (Wildman–Crippen LogP) is 1.10. The van der Waals surface area contributed by atoms with Crippen molar-refractivity contribution in [3.63, 3.8) is 0 Å². The summed E-state index contributed by atoms with van der Waals surface area (Å²) < 4.78 is 5.25. The van der Waals surface area contributed by atoms with Crippen LogP contribution < -0.4 is 10.1 Å². The topological polar surface area (TPSA) is 95.9 Å². The molecule has 3 N–H and O–H groups in total. The van der Waals surface area contributed by atoms with E-state index in [-0.39, 0.29) is 12.5 Å². The van der Waals surface area contributed by atoms with Crippen LogP contribution >= 0.6 is 0 Å². The predicted molar refractivity (Wildman–Crippen MR) is 77.3 cm³/mol. The summed E-state index contributed by atoms with van der Waals surface area (Å²) in [6.45, 7) is -0.244. The van der Waals surface area contributed by atoms with Crippen LogP contribution in [0.2, 0.25) is 0 Å². The van der Waals surface area contributed by atoms with Gasteiger partial charge in [-0.2, -0.15) is 0 Å². The van der Waals surface area contributed by atoms with E-state index in [1.54, 1.807) is 12.1 Å². The molecule has 0 heterocycles. The summed E-state index contributed by atoms with van der Waals surface area (Å²) in [5, 5.41) is 21.5. The van der Waals surface area contributed by atoms with Crippen LogP contribution in [0.3, 0.4) is 0 Å². The van der Waals surface area contributed by atoms with Crippen molar-refractivity contribution in [1.82, 2.24) is 5.32 Å². The highest BCUT2D eigenvalue weighted by molar-refractivity contribution is 5.93. The molecular weight excluding hydrogens is 286 g/mol. The van der Waals surface area contributed by atoms with Gasteiger partial charge in [-0.15, -0.1) is 0 Å². The molecule has 0 aliphatic heterocycles. The Morgan fingerprint density at radius 3 is 2.45 bits per heavy atom. The van der Waals surface area contributed by atoms with Crippen LogP contribution in [-0.4, -0.2) is 35.8 Å².